The SMILES string of the molecule is C=Cc1c(-c2cccc(-c3ccc4c(c3)C(c3ccccc3)(c3ccccc3)c3cccc(C#N)c3-4)c2)cc(-c2ccccc2)nc1-c1ccc2ccccc2c1. The number of hydrogen-bond donors (Lipinski definition) is 0. The predicted octanol–water partition coefficient (Wildman–Crippen LogP) is 13.8. The van der Waals surface area contributed by atoms with Gasteiger partial charge in [0.25, 0.3) is 0 Å². The lowest BCUT2D eigenvalue weighted by Crippen LogP contribution is -2.28. The second kappa shape index (κ2) is 13.9. The van der Waals surface area contributed by atoms with Gasteiger partial charge in [0.15, 0.2) is 0 Å². The van der Waals surface area contributed by atoms with Crippen molar-refractivity contribution in [3.05, 3.63) is 240 Å². The fourth-order valence-electron chi connectivity index (χ4n) is 8.99. The Morgan fingerprint density at radius 2 is 1.09 bits per heavy atom. The molecule has 0 saturated heterocycles. The van der Waals surface area contributed by atoms with Crippen molar-refractivity contribution in [1.29, 1.82) is 5.26 Å². The monoisotopic (exact) mass is 724 g/mol. The van der Waals surface area contributed by atoms with Gasteiger partial charge in [-0.1, -0.05) is 183 Å². The molecule has 0 saturated carbocycles. The third kappa shape index (κ3) is 5.52. The minimum atomic E-state index is -0.617. The van der Waals surface area contributed by atoms with Crippen molar-refractivity contribution in [3.8, 4) is 62.0 Å². The Hall–Kier alpha value is -7.60. The number of nitriles is 1. The van der Waals surface area contributed by atoms with Crippen molar-refractivity contribution in [3.63, 3.8) is 0 Å². The first kappa shape index (κ1) is 33.9. The highest BCUT2D eigenvalue weighted by atomic mass is 14.7. The normalized spacial score (nSPS) is 12.4. The average Bonchev–Trinajstić information content (AvgIpc) is 3.60. The molecule has 2 heteroatoms. The summed E-state index contributed by atoms with van der Waals surface area (Å²) in [6.45, 7) is 4.33. The van der Waals surface area contributed by atoms with Crippen LogP contribution in [0.3, 0.4) is 0 Å². The summed E-state index contributed by atoms with van der Waals surface area (Å²) < 4.78 is 0. The number of pyridine rings is 1. The smallest absolute Gasteiger partial charge is 0.0998 e. The van der Waals surface area contributed by atoms with Crippen LogP contribution in [0.2, 0.25) is 0 Å². The van der Waals surface area contributed by atoms with Gasteiger partial charge in [-0.15, -0.1) is 0 Å². The minimum Gasteiger partial charge on any atom is -0.247 e. The van der Waals surface area contributed by atoms with Crippen molar-refractivity contribution < 1.29 is 0 Å². The van der Waals surface area contributed by atoms with Crippen LogP contribution in [0.15, 0.2) is 207 Å². The molecule has 0 unspecified atom stereocenters. The second-order valence-corrected chi connectivity index (χ2v) is 14.6. The van der Waals surface area contributed by atoms with E-state index < -0.39 is 5.41 Å². The predicted molar refractivity (Wildman–Crippen MR) is 236 cm³/mol. The summed E-state index contributed by atoms with van der Waals surface area (Å²) in [5.74, 6) is 0. The lowest BCUT2D eigenvalue weighted by Gasteiger charge is -2.34. The minimum absolute atomic E-state index is 0.617. The van der Waals surface area contributed by atoms with Crippen LogP contribution in [0.5, 0.6) is 0 Å². The molecule has 8 aromatic carbocycles. The highest BCUT2D eigenvalue weighted by molar-refractivity contribution is 5.94. The van der Waals surface area contributed by atoms with Crippen LogP contribution in [-0.4, -0.2) is 4.98 Å². The van der Waals surface area contributed by atoms with Crippen molar-refractivity contribution in [2.24, 2.45) is 0 Å². The van der Waals surface area contributed by atoms with E-state index in [9.17, 15) is 5.26 Å². The highest BCUT2D eigenvalue weighted by Gasteiger charge is 2.47. The van der Waals surface area contributed by atoms with Crippen LogP contribution in [0.25, 0.3) is 72.7 Å². The third-order valence-electron chi connectivity index (χ3n) is 11.6. The number of rotatable bonds is 7. The van der Waals surface area contributed by atoms with Gasteiger partial charge in [0, 0.05) is 22.3 Å². The van der Waals surface area contributed by atoms with Crippen LogP contribution < -0.4 is 0 Å². The Labute approximate surface area is 333 Å². The van der Waals surface area contributed by atoms with Crippen molar-refractivity contribution >= 4 is 16.8 Å². The topological polar surface area (TPSA) is 36.7 Å². The zero-order valence-corrected chi connectivity index (χ0v) is 31.2. The Bertz CT molecular complexity index is 2990. The maximum Gasteiger partial charge on any atom is 0.0998 e. The van der Waals surface area contributed by atoms with Crippen molar-refractivity contribution in [1.82, 2.24) is 4.98 Å². The van der Waals surface area contributed by atoms with Crippen LogP contribution in [0, 0.1) is 11.3 Å². The van der Waals surface area contributed by atoms with Gasteiger partial charge in [-0.3, -0.25) is 0 Å². The maximum atomic E-state index is 10.4. The summed E-state index contributed by atoms with van der Waals surface area (Å²) in [5, 5.41) is 12.8. The Morgan fingerprint density at radius 3 is 1.81 bits per heavy atom. The quantitative estimate of drug-likeness (QED) is 0.164. The lowest BCUT2D eigenvalue weighted by atomic mass is 9.67. The number of benzene rings is 8. The van der Waals surface area contributed by atoms with E-state index in [1.165, 1.54) is 27.5 Å². The maximum absolute atomic E-state index is 10.4. The number of fused-ring (bicyclic) bond motifs is 4. The summed E-state index contributed by atoms with van der Waals surface area (Å²) in [4.78, 5) is 5.31. The van der Waals surface area contributed by atoms with E-state index >= 15 is 0 Å². The molecule has 0 amide bonds. The first-order valence-corrected chi connectivity index (χ1v) is 19.3. The molecule has 2 nitrogen and oxygen atoms in total. The van der Waals surface area contributed by atoms with Crippen LogP contribution >= 0.6 is 0 Å². The average molecular weight is 725 g/mol. The highest BCUT2D eigenvalue weighted by Crippen LogP contribution is 2.57. The number of aromatic nitrogens is 1. The van der Waals surface area contributed by atoms with Crippen LogP contribution in [-0.2, 0) is 5.41 Å². The van der Waals surface area contributed by atoms with Crippen LogP contribution in [0.4, 0.5) is 0 Å². The molecule has 0 radical (unpaired) electrons. The third-order valence-corrected chi connectivity index (χ3v) is 11.6. The Balaban J connectivity index is 1.19. The molecule has 266 valence electrons. The molecule has 57 heavy (non-hydrogen) atoms. The molecule has 9 aromatic rings. The van der Waals surface area contributed by atoms with Crippen molar-refractivity contribution in [2.75, 3.05) is 0 Å². The van der Waals surface area contributed by atoms with E-state index in [0.717, 1.165) is 67.0 Å². The zero-order chi connectivity index (χ0) is 38.3. The summed E-state index contributed by atoms with van der Waals surface area (Å²) in [7, 11) is 0. The molecule has 0 bridgehead atoms. The molecule has 0 spiro atoms. The van der Waals surface area contributed by atoms with E-state index in [0.29, 0.717) is 5.56 Å². The number of nitrogens with zero attached hydrogens (tertiary/aromatic N) is 2. The Kier molecular flexibility index (Phi) is 8.28. The molecule has 1 aromatic heterocycles. The molecule has 10 rings (SSSR count). The standard InChI is InChI=1S/C55H36N2/c1-2-47-49(35-52(38-17-6-3-7-18-38)57-54(47)43-29-28-37-16-12-13-19-39(37)33-43)42-21-14-20-40(32-42)41-30-31-48-51(34-41)55(45-23-8-4-9-24-45,46-25-10-5-11-26-46)50-27-15-22-44(36-56)53(48)50/h2-35H,1H2. The number of hydrogen-bond acceptors (Lipinski definition) is 2. The fraction of sp³-hybridized carbons (Fsp3) is 0.0182. The molecule has 0 N–H and O–H groups in total. The van der Waals surface area contributed by atoms with Gasteiger partial charge < -0.3 is 0 Å². The van der Waals surface area contributed by atoms with Crippen molar-refractivity contribution in [2.45, 2.75) is 5.41 Å². The first-order chi connectivity index (χ1) is 28.2. The summed E-state index contributed by atoms with van der Waals surface area (Å²) >= 11 is 0. The van der Waals surface area contributed by atoms with Gasteiger partial charge in [-0.2, -0.15) is 5.26 Å². The summed E-state index contributed by atoms with van der Waals surface area (Å²) in [6, 6.07) is 73.3. The first-order valence-electron chi connectivity index (χ1n) is 19.3. The van der Waals surface area contributed by atoms with E-state index in [1.54, 1.807) is 0 Å². The van der Waals surface area contributed by atoms with Gasteiger partial charge in [0.05, 0.1) is 28.4 Å². The molecule has 0 aliphatic heterocycles. The van der Waals surface area contributed by atoms with Gasteiger partial charge >= 0.3 is 0 Å². The molecular formula is C55H36N2. The Morgan fingerprint density at radius 1 is 0.474 bits per heavy atom. The molecule has 1 aliphatic carbocycles. The zero-order valence-electron chi connectivity index (χ0n) is 31.2. The molecule has 0 atom stereocenters. The van der Waals surface area contributed by atoms with E-state index in [2.05, 4.69) is 195 Å². The fourth-order valence-corrected chi connectivity index (χ4v) is 8.99. The van der Waals surface area contributed by atoms with E-state index in [4.69, 9.17) is 4.98 Å². The summed E-state index contributed by atoms with van der Waals surface area (Å²) in [5.41, 5.74) is 16.0. The molecule has 1 heterocycles. The van der Waals surface area contributed by atoms with Gasteiger partial charge in [-0.05, 0) is 91.2 Å². The molecule has 1 aliphatic rings. The van der Waals surface area contributed by atoms with E-state index in [1.807, 2.05) is 24.3 Å². The summed E-state index contributed by atoms with van der Waals surface area (Å²) in [6.07, 6.45) is 1.95. The van der Waals surface area contributed by atoms with Crippen LogP contribution in [0.1, 0.15) is 33.4 Å². The van der Waals surface area contributed by atoms with Gasteiger partial charge in [-0.25, -0.2) is 4.98 Å². The second-order valence-electron chi connectivity index (χ2n) is 14.6. The molecule has 0 fully saturated rings. The van der Waals surface area contributed by atoms with Gasteiger partial charge in [0.1, 0.15) is 0 Å². The largest absolute Gasteiger partial charge is 0.247 e. The lowest BCUT2D eigenvalue weighted by molar-refractivity contribution is 0.768. The van der Waals surface area contributed by atoms with E-state index in [-0.39, 0.29) is 0 Å². The molecular weight excluding hydrogens is 689 g/mol. The van der Waals surface area contributed by atoms with Gasteiger partial charge in [0.2, 0.25) is 0 Å².